The zero-order chi connectivity index (χ0) is 14.2. The molecule has 0 radical (unpaired) electrons. The summed E-state index contributed by atoms with van der Waals surface area (Å²) in [5.41, 5.74) is 0.658. The van der Waals surface area contributed by atoms with Gasteiger partial charge in [0.15, 0.2) is 0 Å². The molecule has 1 aromatic carbocycles. The lowest BCUT2D eigenvalue weighted by molar-refractivity contribution is 0.210. The van der Waals surface area contributed by atoms with Gasteiger partial charge in [0, 0.05) is 20.8 Å². The van der Waals surface area contributed by atoms with Gasteiger partial charge in [-0.15, -0.1) is 11.3 Å². The van der Waals surface area contributed by atoms with Crippen molar-refractivity contribution in [1.82, 2.24) is 4.98 Å². The molecule has 1 atom stereocenters. The summed E-state index contributed by atoms with van der Waals surface area (Å²) in [5, 5.41) is 13.0. The number of hydrogen-bond donors (Lipinski definition) is 1. The van der Waals surface area contributed by atoms with Crippen LogP contribution in [0.1, 0.15) is 43.1 Å². The quantitative estimate of drug-likeness (QED) is 0.875. The first-order valence-corrected chi connectivity index (χ1v) is 7.55. The van der Waals surface area contributed by atoms with Gasteiger partial charge in [-0.1, -0.05) is 36.7 Å². The third-order valence-electron chi connectivity index (χ3n) is 2.70. The van der Waals surface area contributed by atoms with Gasteiger partial charge in [-0.2, -0.15) is 0 Å². The molecule has 1 N–H and O–H groups in total. The second kappa shape index (κ2) is 5.31. The Balaban J connectivity index is 2.36. The SMILES string of the molecule is CC(C)(C)c1nc(C(O)c2cc(Br)ccc2F)cs1. The lowest BCUT2D eigenvalue weighted by Gasteiger charge is -2.14. The van der Waals surface area contributed by atoms with Gasteiger partial charge in [0.2, 0.25) is 0 Å². The molecule has 0 aliphatic carbocycles. The molecule has 5 heteroatoms. The number of aromatic nitrogens is 1. The summed E-state index contributed by atoms with van der Waals surface area (Å²) in [6.45, 7) is 6.17. The predicted octanol–water partition coefficient (Wildman–Crippen LogP) is 4.42. The second-order valence-electron chi connectivity index (χ2n) is 5.40. The predicted molar refractivity (Wildman–Crippen MR) is 79.0 cm³/mol. The van der Waals surface area contributed by atoms with Crippen molar-refractivity contribution in [3.05, 3.63) is 50.1 Å². The Morgan fingerprint density at radius 1 is 1.37 bits per heavy atom. The molecule has 0 bridgehead atoms. The van der Waals surface area contributed by atoms with Gasteiger partial charge < -0.3 is 5.11 Å². The molecule has 102 valence electrons. The number of aliphatic hydroxyl groups is 1. The van der Waals surface area contributed by atoms with E-state index in [1.807, 2.05) is 0 Å². The van der Waals surface area contributed by atoms with E-state index >= 15 is 0 Å². The molecule has 2 rings (SSSR count). The van der Waals surface area contributed by atoms with E-state index in [4.69, 9.17) is 0 Å². The average Bonchev–Trinajstić information content (AvgIpc) is 2.80. The van der Waals surface area contributed by atoms with Crippen molar-refractivity contribution in [3.8, 4) is 0 Å². The van der Waals surface area contributed by atoms with Crippen LogP contribution in [0.4, 0.5) is 4.39 Å². The lowest BCUT2D eigenvalue weighted by Crippen LogP contribution is -2.11. The summed E-state index contributed by atoms with van der Waals surface area (Å²) in [5.74, 6) is -0.430. The van der Waals surface area contributed by atoms with E-state index in [-0.39, 0.29) is 11.0 Å². The second-order valence-corrected chi connectivity index (χ2v) is 7.17. The molecule has 19 heavy (non-hydrogen) atoms. The molecule has 0 aliphatic heterocycles. The summed E-state index contributed by atoms with van der Waals surface area (Å²) in [6.07, 6.45) is -1.04. The molecule has 0 saturated heterocycles. The van der Waals surface area contributed by atoms with Gasteiger partial charge in [-0.25, -0.2) is 9.37 Å². The smallest absolute Gasteiger partial charge is 0.129 e. The van der Waals surface area contributed by atoms with E-state index in [2.05, 4.69) is 41.7 Å². The average molecular weight is 344 g/mol. The number of thiazole rings is 1. The van der Waals surface area contributed by atoms with Gasteiger partial charge >= 0.3 is 0 Å². The van der Waals surface area contributed by atoms with Crippen molar-refractivity contribution in [2.45, 2.75) is 32.3 Å². The van der Waals surface area contributed by atoms with Crippen LogP contribution in [0.15, 0.2) is 28.1 Å². The highest BCUT2D eigenvalue weighted by Gasteiger charge is 2.22. The zero-order valence-electron chi connectivity index (χ0n) is 10.9. The fourth-order valence-electron chi connectivity index (χ4n) is 1.64. The topological polar surface area (TPSA) is 33.1 Å². The van der Waals surface area contributed by atoms with Crippen molar-refractivity contribution < 1.29 is 9.50 Å². The number of benzene rings is 1. The number of halogens is 2. The normalized spacial score (nSPS) is 13.6. The molecule has 2 aromatic rings. The minimum Gasteiger partial charge on any atom is -0.382 e. The molecular formula is C14H15BrFNOS. The van der Waals surface area contributed by atoms with Crippen molar-refractivity contribution in [2.75, 3.05) is 0 Å². The van der Waals surface area contributed by atoms with E-state index in [1.54, 1.807) is 17.5 Å². The van der Waals surface area contributed by atoms with E-state index in [1.165, 1.54) is 17.4 Å². The highest BCUT2D eigenvalue weighted by Crippen LogP contribution is 2.31. The van der Waals surface area contributed by atoms with Gasteiger partial charge in [0.25, 0.3) is 0 Å². The Kier molecular flexibility index (Phi) is 4.08. The number of aliphatic hydroxyl groups excluding tert-OH is 1. The molecule has 0 saturated carbocycles. The minimum absolute atomic E-state index is 0.0710. The van der Waals surface area contributed by atoms with E-state index in [9.17, 15) is 9.50 Å². The van der Waals surface area contributed by atoms with Crippen LogP contribution in [0.5, 0.6) is 0 Å². The minimum atomic E-state index is -1.04. The Labute approximate surface area is 124 Å². The molecule has 0 amide bonds. The van der Waals surface area contributed by atoms with Crippen molar-refractivity contribution in [3.63, 3.8) is 0 Å². The molecule has 1 unspecified atom stereocenters. The van der Waals surface area contributed by atoms with Crippen LogP contribution in [0.25, 0.3) is 0 Å². The number of nitrogens with zero attached hydrogens (tertiary/aromatic N) is 1. The first-order valence-electron chi connectivity index (χ1n) is 5.88. The summed E-state index contributed by atoms with van der Waals surface area (Å²) in [4.78, 5) is 4.42. The Morgan fingerprint density at radius 2 is 2.05 bits per heavy atom. The van der Waals surface area contributed by atoms with Crippen molar-refractivity contribution in [2.24, 2.45) is 0 Å². The first kappa shape index (κ1) is 14.6. The van der Waals surface area contributed by atoms with E-state index < -0.39 is 11.9 Å². The maximum absolute atomic E-state index is 13.7. The van der Waals surface area contributed by atoms with Crippen LogP contribution in [0.2, 0.25) is 0 Å². The summed E-state index contributed by atoms with van der Waals surface area (Å²) in [6, 6.07) is 4.52. The molecule has 0 aliphatic rings. The summed E-state index contributed by atoms with van der Waals surface area (Å²) >= 11 is 4.76. The molecule has 0 spiro atoms. The largest absolute Gasteiger partial charge is 0.382 e. The fraction of sp³-hybridized carbons (Fsp3) is 0.357. The summed E-state index contributed by atoms with van der Waals surface area (Å²) in [7, 11) is 0. The van der Waals surface area contributed by atoms with Gasteiger partial charge in [-0.05, 0) is 18.2 Å². The monoisotopic (exact) mass is 343 g/mol. The molecule has 0 fully saturated rings. The first-order chi connectivity index (χ1) is 8.79. The lowest BCUT2D eigenvalue weighted by atomic mass is 9.98. The van der Waals surface area contributed by atoms with Crippen molar-refractivity contribution in [1.29, 1.82) is 0 Å². The third kappa shape index (κ3) is 3.22. The standard InChI is InChI=1S/C14H15BrFNOS/c1-14(2,3)13-17-11(7-19-13)12(18)9-6-8(15)4-5-10(9)16/h4-7,12,18H,1-3H3. The summed E-state index contributed by atoms with van der Waals surface area (Å²) < 4.78 is 14.5. The van der Waals surface area contributed by atoms with Crippen LogP contribution in [0, 0.1) is 5.82 Å². The van der Waals surface area contributed by atoms with Gasteiger partial charge in [0.1, 0.15) is 11.9 Å². The Morgan fingerprint density at radius 3 is 2.63 bits per heavy atom. The Hall–Kier alpha value is -0.780. The third-order valence-corrected chi connectivity index (χ3v) is 4.48. The van der Waals surface area contributed by atoms with Crippen molar-refractivity contribution >= 4 is 27.3 Å². The molecule has 1 aromatic heterocycles. The van der Waals surface area contributed by atoms with Crippen LogP contribution in [-0.4, -0.2) is 10.1 Å². The fourth-order valence-corrected chi connectivity index (χ4v) is 2.94. The maximum atomic E-state index is 13.7. The zero-order valence-corrected chi connectivity index (χ0v) is 13.3. The molecule has 1 heterocycles. The van der Waals surface area contributed by atoms with Crippen LogP contribution in [0.3, 0.4) is 0 Å². The highest BCUT2D eigenvalue weighted by molar-refractivity contribution is 9.10. The maximum Gasteiger partial charge on any atom is 0.129 e. The Bertz CT molecular complexity index is 591. The highest BCUT2D eigenvalue weighted by atomic mass is 79.9. The molecule has 2 nitrogen and oxygen atoms in total. The number of hydrogen-bond acceptors (Lipinski definition) is 3. The van der Waals surface area contributed by atoms with E-state index in [0.717, 1.165) is 9.48 Å². The van der Waals surface area contributed by atoms with Crippen LogP contribution >= 0.6 is 27.3 Å². The number of rotatable bonds is 2. The van der Waals surface area contributed by atoms with E-state index in [0.29, 0.717) is 5.69 Å². The van der Waals surface area contributed by atoms with Gasteiger partial charge in [-0.3, -0.25) is 0 Å². The van der Waals surface area contributed by atoms with Crippen LogP contribution < -0.4 is 0 Å². The molecular weight excluding hydrogens is 329 g/mol. The van der Waals surface area contributed by atoms with Crippen LogP contribution in [-0.2, 0) is 5.41 Å². The van der Waals surface area contributed by atoms with Gasteiger partial charge in [0.05, 0.1) is 10.7 Å².